The standard InChI is InChI=1S/C36H27Cl3N4O2S/c37-27-13-11-24(12-14-27)21-32-35(45)43(31-16-15-28(38)22-30(31)39)36(46-32)29(23-40)34(44)42-19-17-41(18-20-42)33(25-7-3-1-4-8-25)26-9-5-2-6-10-26/h1-16,21-22,33H,17-20H2. The number of amides is 1. The summed E-state index contributed by atoms with van der Waals surface area (Å²) in [6, 6.07) is 34.5. The quantitative estimate of drug-likeness (QED) is 0.211. The van der Waals surface area contributed by atoms with Crippen LogP contribution in [0.5, 0.6) is 0 Å². The maximum Gasteiger partial charge on any atom is 0.273 e. The molecule has 1 amide bonds. The molecule has 6 nitrogen and oxygen atoms in total. The van der Waals surface area contributed by atoms with Gasteiger partial charge in [-0.15, -0.1) is 11.3 Å². The summed E-state index contributed by atoms with van der Waals surface area (Å²) in [6.45, 7) is 2.05. The fourth-order valence-electron chi connectivity index (χ4n) is 5.65. The molecule has 0 N–H and O–H groups in total. The lowest BCUT2D eigenvalue weighted by Crippen LogP contribution is -2.50. The lowest BCUT2D eigenvalue weighted by atomic mass is 9.96. The van der Waals surface area contributed by atoms with E-state index in [9.17, 15) is 14.9 Å². The average Bonchev–Trinajstić information content (AvgIpc) is 3.38. The Morgan fingerprint density at radius 2 is 1.39 bits per heavy atom. The van der Waals surface area contributed by atoms with Crippen molar-refractivity contribution in [1.29, 1.82) is 5.26 Å². The van der Waals surface area contributed by atoms with Crippen LogP contribution < -0.4 is 14.8 Å². The van der Waals surface area contributed by atoms with Crippen LogP contribution in [0.15, 0.2) is 108 Å². The van der Waals surface area contributed by atoms with Gasteiger partial charge in [0.05, 0.1) is 21.3 Å². The summed E-state index contributed by atoms with van der Waals surface area (Å²) in [5.41, 5.74) is 2.89. The normalized spacial score (nSPS) is 14.8. The van der Waals surface area contributed by atoms with Crippen LogP contribution in [0.25, 0.3) is 17.3 Å². The third kappa shape index (κ3) is 6.68. The van der Waals surface area contributed by atoms with Gasteiger partial charge in [0, 0.05) is 36.2 Å². The third-order valence-corrected chi connectivity index (χ3v) is 9.76. The summed E-state index contributed by atoms with van der Waals surface area (Å²) in [5.74, 6) is -0.434. The minimum absolute atomic E-state index is 0.0274. The predicted molar refractivity (Wildman–Crippen MR) is 186 cm³/mol. The zero-order valence-corrected chi connectivity index (χ0v) is 27.5. The minimum Gasteiger partial charge on any atom is -0.335 e. The van der Waals surface area contributed by atoms with Gasteiger partial charge in [0.15, 0.2) is 5.57 Å². The zero-order chi connectivity index (χ0) is 32.2. The van der Waals surface area contributed by atoms with Crippen LogP contribution in [-0.4, -0.2) is 46.5 Å². The van der Waals surface area contributed by atoms with E-state index < -0.39 is 11.5 Å². The van der Waals surface area contributed by atoms with Crippen molar-refractivity contribution in [2.45, 2.75) is 6.04 Å². The van der Waals surface area contributed by atoms with Gasteiger partial charge in [-0.3, -0.25) is 19.1 Å². The average molecular weight is 686 g/mol. The molecule has 1 aromatic heterocycles. The second kappa shape index (κ2) is 14.1. The number of carbonyl (C=O) groups is 1. The molecule has 0 radical (unpaired) electrons. The van der Waals surface area contributed by atoms with Crippen molar-refractivity contribution in [2.24, 2.45) is 0 Å². The first kappa shape index (κ1) is 31.8. The molecule has 10 heteroatoms. The molecule has 5 aromatic rings. The largest absolute Gasteiger partial charge is 0.335 e. The molecular formula is C36H27Cl3N4O2S. The number of thiazole rings is 1. The number of halogens is 3. The number of rotatable bonds is 6. The van der Waals surface area contributed by atoms with Gasteiger partial charge in [0.25, 0.3) is 11.5 Å². The molecule has 6 rings (SSSR count). The summed E-state index contributed by atoms with van der Waals surface area (Å²) in [5, 5.41) is 11.6. The first-order chi connectivity index (χ1) is 22.3. The molecule has 1 aliphatic rings. The first-order valence-electron chi connectivity index (χ1n) is 14.6. The zero-order valence-electron chi connectivity index (χ0n) is 24.4. The highest BCUT2D eigenvalue weighted by Crippen LogP contribution is 2.30. The van der Waals surface area contributed by atoms with Crippen molar-refractivity contribution >= 4 is 63.7 Å². The van der Waals surface area contributed by atoms with Crippen LogP contribution in [0.1, 0.15) is 22.7 Å². The van der Waals surface area contributed by atoms with E-state index >= 15 is 0 Å². The van der Waals surface area contributed by atoms with E-state index in [1.807, 2.05) is 36.4 Å². The Labute approximate surface area is 285 Å². The highest BCUT2D eigenvalue weighted by molar-refractivity contribution is 7.07. The number of benzene rings is 4. The Morgan fingerprint density at radius 3 is 1.96 bits per heavy atom. The van der Waals surface area contributed by atoms with Gasteiger partial charge in [-0.1, -0.05) is 108 Å². The number of piperazine rings is 1. The van der Waals surface area contributed by atoms with Crippen LogP contribution in [0.4, 0.5) is 0 Å². The number of nitrogens with zero attached hydrogens (tertiary/aromatic N) is 4. The van der Waals surface area contributed by atoms with E-state index in [2.05, 4.69) is 35.2 Å². The Balaban J connectivity index is 1.38. The van der Waals surface area contributed by atoms with Crippen molar-refractivity contribution in [1.82, 2.24) is 14.4 Å². The van der Waals surface area contributed by atoms with Gasteiger partial charge in [-0.25, -0.2) is 0 Å². The molecule has 0 unspecified atom stereocenters. The Kier molecular flexibility index (Phi) is 9.74. The maximum atomic E-state index is 14.0. The van der Waals surface area contributed by atoms with E-state index in [4.69, 9.17) is 34.8 Å². The minimum atomic E-state index is -0.434. The molecule has 1 aliphatic heterocycles. The third-order valence-electron chi connectivity index (χ3n) is 7.88. The Morgan fingerprint density at radius 1 is 0.804 bits per heavy atom. The molecule has 0 saturated carbocycles. The molecule has 2 heterocycles. The lowest BCUT2D eigenvalue weighted by molar-refractivity contribution is -0.126. The van der Waals surface area contributed by atoms with Gasteiger partial charge in [0.2, 0.25) is 0 Å². The maximum absolute atomic E-state index is 14.0. The van der Waals surface area contributed by atoms with Crippen LogP contribution in [0.3, 0.4) is 0 Å². The topological polar surface area (TPSA) is 69.3 Å². The van der Waals surface area contributed by atoms with Crippen LogP contribution in [0.2, 0.25) is 15.1 Å². The van der Waals surface area contributed by atoms with E-state index in [0.29, 0.717) is 46.4 Å². The van der Waals surface area contributed by atoms with Crippen LogP contribution in [-0.2, 0) is 4.79 Å². The lowest BCUT2D eigenvalue weighted by Gasteiger charge is -2.39. The monoisotopic (exact) mass is 684 g/mol. The number of hydrogen-bond donors (Lipinski definition) is 0. The number of nitriles is 1. The Bertz CT molecular complexity index is 2060. The number of hydrogen-bond acceptors (Lipinski definition) is 5. The molecule has 46 heavy (non-hydrogen) atoms. The molecular weight excluding hydrogens is 659 g/mol. The SMILES string of the molecule is N#CC(C(=O)N1CCN(C(c2ccccc2)c2ccccc2)CC1)=c1sc(=Cc2ccc(Cl)cc2)c(=O)n1-c1ccc(Cl)cc1Cl. The first-order valence-corrected chi connectivity index (χ1v) is 16.5. The fraction of sp³-hybridized carbons (Fsp3) is 0.139. The van der Waals surface area contributed by atoms with Gasteiger partial charge in [0.1, 0.15) is 10.7 Å². The second-order valence-corrected chi connectivity index (χ2v) is 13.1. The number of aromatic nitrogens is 1. The molecule has 0 atom stereocenters. The summed E-state index contributed by atoms with van der Waals surface area (Å²) < 4.78 is 1.87. The molecule has 230 valence electrons. The summed E-state index contributed by atoms with van der Waals surface area (Å²) in [6.07, 6.45) is 1.71. The predicted octanol–water partition coefficient (Wildman–Crippen LogP) is 6.30. The summed E-state index contributed by atoms with van der Waals surface area (Å²) in [7, 11) is 0. The van der Waals surface area contributed by atoms with Gasteiger partial charge in [-0.05, 0) is 53.1 Å². The van der Waals surface area contributed by atoms with Crippen molar-refractivity contribution in [3.63, 3.8) is 0 Å². The summed E-state index contributed by atoms with van der Waals surface area (Å²) >= 11 is 19.8. The van der Waals surface area contributed by atoms with E-state index in [-0.39, 0.29) is 21.3 Å². The molecule has 0 bridgehead atoms. The molecule has 0 aliphatic carbocycles. The van der Waals surface area contributed by atoms with Crippen molar-refractivity contribution in [2.75, 3.05) is 26.2 Å². The molecule has 1 fully saturated rings. The van der Waals surface area contributed by atoms with Crippen molar-refractivity contribution in [3.8, 4) is 11.8 Å². The van der Waals surface area contributed by atoms with E-state index in [0.717, 1.165) is 16.9 Å². The van der Waals surface area contributed by atoms with Crippen molar-refractivity contribution in [3.05, 3.63) is 154 Å². The highest BCUT2D eigenvalue weighted by Gasteiger charge is 2.30. The Hall–Kier alpha value is -4.16. The van der Waals surface area contributed by atoms with Gasteiger partial charge in [-0.2, -0.15) is 5.26 Å². The molecule has 1 saturated heterocycles. The highest BCUT2D eigenvalue weighted by atomic mass is 35.5. The van der Waals surface area contributed by atoms with Crippen molar-refractivity contribution < 1.29 is 4.79 Å². The van der Waals surface area contributed by atoms with Crippen LogP contribution in [0, 0.1) is 11.3 Å². The number of carbonyl (C=O) groups excluding carboxylic acids is 1. The fourth-order valence-corrected chi connectivity index (χ4v) is 7.36. The molecule has 4 aromatic carbocycles. The van der Waals surface area contributed by atoms with Gasteiger partial charge < -0.3 is 4.90 Å². The molecule has 0 spiro atoms. The second-order valence-electron chi connectivity index (χ2n) is 10.7. The van der Waals surface area contributed by atoms with E-state index in [1.165, 1.54) is 21.8 Å². The van der Waals surface area contributed by atoms with Gasteiger partial charge >= 0.3 is 0 Å². The van der Waals surface area contributed by atoms with Crippen LogP contribution >= 0.6 is 46.1 Å². The summed E-state index contributed by atoms with van der Waals surface area (Å²) in [4.78, 5) is 32.0. The van der Waals surface area contributed by atoms with E-state index in [1.54, 1.807) is 47.4 Å². The smallest absolute Gasteiger partial charge is 0.273 e.